The Morgan fingerprint density at radius 1 is 0.815 bits per heavy atom. The molecule has 1 atom stereocenters. The molecule has 0 heterocycles. The minimum absolute atomic E-state index is 0.0467. The molecule has 2 N–H and O–H groups in total. The highest BCUT2D eigenvalue weighted by molar-refractivity contribution is 5.33. The molecule has 0 bridgehead atoms. The minimum atomic E-state index is -4.88. The van der Waals surface area contributed by atoms with Crippen molar-refractivity contribution in [1.29, 1.82) is 0 Å². The summed E-state index contributed by atoms with van der Waals surface area (Å²) in [7, 11) is 0. The lowest BCUT2D eigenvalue weighted by Crippen LogP contribution is -2.36. The Hall–Kier alpha value is -2.06. The van der Waals surface area contributed by atoms with E-state index in [-0.39, 0.29) is 24.8 Å². The summed E-state index contributed by atoms with van der Waals surface area (Å²) in [5.41, 5.74) is 3.13. The third-order valence-corrected chi connectivity index (χ3v) is 4.26. The Balaban J connectivity index is 2.19. The third-order valence-electron chi connectivity index (χ3n) is 4.26. The van der Waals surface area contributed by atoms with Crippen molar-refractivity contribution in [2.45, 2.75) is 31.3 Å². The molecule has 0 amide bonds. The lowest BCUT2D eigenvalue weighted by Gasteiger charge is -2.28. The molecule has 27 heavy (non-hydrogen) atoms. The summed E-state index contributed by atoms with van der Waals surface area (Å²) in [5, 5.41) is 0. The van der Waals surface area contributed by atoms with Crippen molar-refractivity contribution < 1.29 is 31.1 Å². The predicted molar refractivity (Wildman–Crippen MR) is 89.0 cm³/mol. The van der Waals surface area contributed by atoms with Crippen LogP contribution in [0.25, 0.3) is 0 Å². The first-order valence-corrected chi connectivity index (χ1v) is 8.07. The van der Waals surface area contributed by atoms with E-state index in [0.717, 1.165) is 5.56 Å². The monoisotopic (exact) mass is 391 g/mol. The Morgan fingerprint density at radius 2 is 1.33 bits per heavy atom. The molecule has 148 valence electrons. The molecule has 0 saturated carbocycles. The largest absolute Gasteiger partial charge is 0.416 e. The SMILES string of the molecule is CC(CN)(COCc1cc(C(F)(F)F)cc(C(F)(F)F)c1)c1ccccc1. The van der Waals surface area contributed by atoms with E-state index >= 15 is 0 Å². The number of hydrogen-bond donors (Lipinski definition) is 1. The Morgan fingerprint density at radius 3 is 1.78 bits per heavy atom. The van der Waals surface area contributed by atoms with Crippen LogP contribution in [0.4, 0.5) is 26.3 Å². The normalized spacial score (nSPS) is 14.8. The number of rotatable bonds is 6. The fraction of sp³-hybridized carbons (Fsp3) is 0.368. The number of nitrogens with two attached hydrogens (primary N) is 1. The maximum atomic E-state index is 12.9. The van der Waals surface area contributed by atoms with Gasteiger partial charge in [0.05, 0.1) is 24.3 Å². The molecule has 2 aromatic carbocycles. The zero-order chi connectivity index (χ0) is 20.3. The second-order valence-corrected chi connectivity index (χ2v) is 6.54. The standard InChI is InChI=1S/C19H19F6NO/c1-17(11-26,14-5-3-2-4-6-14)12-27-10-13-7-15(18(20,21)22)9-16(8-13)19(23,24)25/h2-9H,10-12,26H2,1H3. The summed E-state index contributed by atoms with van der Waals surface area (Å²) in [6.45, 7) is 1.67. The molecule has 0 aliphatic rings. The highest BCUT2D eigenvalue weighted by atomic mass is 19.4. The molecule has 0 fully saturated rings. The zero-order valence-corrected chi connectivity index (χ0v) is 14.5. The van der Waals surface area contributed by atoms with Gasteiger partial charge >= 0.3 is 12.4 Å². The first kappa shape index (κ1) is 21.2. The van der Waals surface area contributed by atoms with Gasteiger partial charge in [0.15, 0.2) is 0 Å². The van der Waals surface area contributed by atoms with Crippen LogP contribution in [0, 0.1) is 0 Å². The van der Waals surface area contributed by atoms with Gasteiger partial charge in [-0.1, -0.05) is 37.3 Å². The number of benzene rings is 2. The summed E-state index contributed by atoms with van der Waals surface area (Å²) < 4.78 is 82.8. The first-order chi connectivity index (χ1) is 12.5. The van der Waals surface area contributed by atoms with E-state index in [0.29, 0.717) is 12.1 Å². The molecule has 2 aromatic rings. The van der Waals surface area contributed by atoms with Crippen molar-refractivity contribution >= 4 is 0 Å². The van der Waals surface area contributed by atoms with Crippen LogP contribution in [-0.4, -0.2) is 13.2 Å². The highest BCUT2D eigenvalue weighted by Gasteiger charge is 2.37. The van der Waals surface area contributed by atoms with Gasteiger partial charge in [-0.3, -0.25) is 0 Å². The van der Waals surface area contributed by atoms with Gasteiger partial charge in [0.2, 0.25) is 0 Å². The minimum Gasteiger partial charge on any atom is -0.376 e. The van der Waals surface area contributed by atoms with Crippen LogP contribution in [0.3, 0.4) is 0 Å². The van der Waals surface area contributed by atoms with Gasteiger partial charge < -0.3 is 10.5 Å². The van der Waals surface area contributed by atoms with Gasteiger partial charge in [-0.15, -0.1) is 0 Å². The fourth-order valence-corrected chi connectivity index (χ4v) is 2.60. The van der Waals surface area contributed by atoms with Crippen LogP contribution in [0.2, 0.25) is 0 Å². The van der Waals surface area contributed by atoms with E-state index in [9.17, 15) is 26.3 Å². The van der Waals surface area contributed by atoms with Crippen LogP contribution in [0.15, 0.2) is 48.5 Å². The van der Waals surface area contributed by atoms with E-state index in [2.05, 4.69) is 0 Å². The van der Waals surface area contributed by atoms with Crippen LogP contribution in [0.1, 0.15) is 29.2 Å². The quantitative estimate of drug-likeness (QED) is 0.691. The van der Waals surface area contributed by atoms with E-state index in [1.165, 1.54) is 0 Å². The molecular weight excluding hydrogens is 372 g/mol. The Kier molecular flexibility index (Phi) is 6.21. The molecule has 0 spiro atoms. The average molecular weight is 391 g/mol. The average Bonchev–Trinajstić information content (AvgIpc) is 2.60. The third kappa shape index (κ3) is 5.46. The van der Waals surface area contributed by atoms with Gasteiger partial charge in [0, 0.05) is 12.0 Å². The maximum absolute atomic E-state index is 12.9. The summed E-state index contributed by atoms with van der Waals surface area (Å²) in [6, 6.07) is 10.5. The lowest BCUT2D eigenvalue weighted by molar-refractivity contribution is -0.143. The number of hydrogen-bond acceptors (Lipinski definition) is 2. The Bertz CT molecular complexity index is 725. The second kappa shape index (κ2) is 7.90. The summed E-state index contributed by atoms with van der Waals surface area (Å²) in [4.78, 5) is 0. The topological polar surface area (TPSA) is 35.2 Å². The zero-order valence-electron chi connectivity index (χ0n) is 14.5. The summed E-state index contributed by atoms with van der Waals surface area (Å²) >= 11 is 0. The molecule has 0 aromatic heterocycles. The van der Waals surface area contributed by atoms with Crippen molar-refractivity contribution in [2.24, 2.45) is 5.73 Å². The molecular formula is C19H19F6NO. The van der Waals surface area contributed by atoms with Crippen molar-refractivity contribution in [2.75, 3.05) is 13.2 Å². The van der Waals surface area contributed by atoms with Gasteiger partial charge in [-0.05, 0) is 29.3 Å². The highest BCUT2D eigenvalue weighted by Crippen LogP contribution is 2.36. The molecule has 0 radical (unpaired) electrons. The second-order valence-electron chi connectivity index (χ2n) is 6.54. The van der Waals surface area contributed by atoms with E-state index in [1.807, 2.05) is 37.3 Å². The molecule has 0 aliphatic carbocycles. The lowest BCUT2D eigenvalue weighted by atomic mass is 9.83. The van der Waals surface area contributed by atoms with Crippen molar-refractivity contribution in [3.63, 3.8) is 0 Å². The van der Waals surface area contributed by atoms with E-state index < -0.39 is 35.5 Å². The van der Waals surface area contributed by atoms with Crippen LogP contribution >= 0.6 is 0 Å². The molecule has 2 nitrogen and oxygen atoms in total. The molecule has 2 rings (SSSR count). The molecule has 0 aliphatic heterocycles. The van der Waals surface area contributed by atoms with Crippen LogP contribution in [-0.2, 0) is 29.1 Å². The first-order valence-electron chi connectivity index (χ1n) is 8.07. The van der Waals surface area contributed by atoms with Gasteiger partial charge in [-0.25, -0.2) is 0 Å². The van der Waals surface area contributed by atoms with Crippen molar-refractivity contribution in [3.8, 4) is 0 Å². The van der Waals surface area contributed by atoms with Gasteiger partial charge in [0.25, 0.3) is 0 Å². The summed E-state index contributed by atoms with van der Waals surface area (Å²) in [6.07, 6.45) is -9.77. The Labute approximate surface area is 152 Å². The fourth-order valence-electron chi connectivity index (χ4n) is 2.60. The molecule has 1 unspecified atom stereocenters. The van der Waals surface area contributed by atoms with Crippen LogP contribution in [0.5, 0.6) is 0 Å². The molecule has 8 heteroatoms. The van der Waals surface area contributed by atoms with Gasteiger partial charge in [0.1, 0.15) is 0 Å². The summed E-state index contributed by atoms with van der Waals surface area (Å²) in [5.74, 6) is 0. The molecule has 0 saturated heterocycles. The van der Waals surface area contributed by atoms with Crippen molar-refractivity contribution in [1.82, 2.24) is 0 Å². The van der Waals surface area contributed by atoms with Crippen molar-refractivity contribution in [3.05, 3.63) is 70.8 Å². The van der Waals surface area contributed by atoms with Crippen LogP contribution < -0.4 is 5.73 Å². The number of ether oxygens (including phenoxy) is 1. The smallest absolute Gasteiger partial charge is 0.376 e. The van der Waals surface area contributed by atoms with E-state index in [4.69, 9.17) is 10.5 Å². The number of halogens is 6. The van der Waals surface area contributed by atoms with Gasteiger partial charge in [-0.2, -0.15) is 26.3 Å². The predicted octanol–water partition coefficient (Wildman–Crippen LogP) is 5.16. The van der Waals surface area contributed by atoms with E-state index in [1.54, 1.807) is 0 Å². The maximum Gasteiger partial charge on any atom is 0.416 e. The number of alkyl halides is 6.